The molecule has 0 saturated carbocycles. The molecule has 3 rings (SSSR count). The normalized spacial score (nSPS) is 14.3. The zero-order chi connectivity index (χ0) is 19.7. The van der Waals surface area contributed by atoms with Gasteiger partial charge in [0, 0.05) is 11.3 Å². The van der Waals surface area contributed by atoms with Gasteiger partial charge in [0.25, 0.3) is 11.8 Å². The van der Waals surface area contributed by atoms with Crippen molar-refractivity contribution in [1.29, 1.82) is 0 Å². The fraction of sp³-hybridized carbons (Fsp3) is 0.200. The van der Waals surface area contributed by atoms with Crippen LogP contribution in [0.4, 0.5) is 5.69 Å². The predicted octanol–water partition coefficient (Wildman–Crippen LogP) is 2.04. The fourth-order valence-electron chi connectivity index (χ4n) is 3.11. The summed E-state index contributed by atoms with van der Waals surface area (Å²) < 4.78 is 0. The van der Waals surface area contributed by atoms with Crippen molar-refractivity contribution in [3.8, 4) is 0 Å². The Morgan fingerprint density at radius 1 is 0.926 bits per heavy atom. The van der Waals surface area contributed by atoms with Crippen molar-refractivity contribution in [2.45, 2.75) is 19.9 Å². The standard InChI is InChI=1S/C20H19N3O4/c1-11(2)16(18(25)22-13-9-7-12(8-10-13)17(21)24)23-19(26)14-5-3-4-6-15(14)20(23)27/h3-11,16H,1-2H3,(H2,21,24)(H,22,25)/t16-/m0/s1. The number of nitrogens with one attached hydrogen (secondary N) is 1. The zero-order valence-electron chi connectivity index (χ0n) is 14.9. The van der Waals surface area contributed by atoms with Gasteiger partial charge in [-0.3, -0.25) is 24.1 Å². The Balaban J connectivity index is 1.86. The molecule has 0 bridgehead atoms. The quantitative estimate of drug-likeness (QED) is 0.790. The molecule has 2 aromatic carbocycles. The van der Waals surface area contributed by atoms with Crippen molar-refractivity contribution >= 4 is 29.3 Å². The van der Waals surface area contributed by atoms with Gasteiger partial charge in [-0.25, -0.2) is 0 Å². The number of nitrogens with two attached hydrogens (primary N) is 1. The Bertz CT molecular complexity index is 899. The Hall–Kier alpha value is -3.48. The minimum atomic E-state index is -0.965. The first kappa shape index (κ1) is 18.3. The summed E-state index contributed by atoms with van der Waals surface area (Å²) in [5.41, 5.74) is 6.55. The molecule has 0 radical (unpaired) electrons. The minimum absolute atomic E-state index is 0.294. The first-order valence-corrected chi connectivity index (χ1v) is 8.49. The Morgan fingerprint density at radius 2 is 1.44 bits per heavy atom. The summed E-state index contributed by atoms with van der Waals surface area (Å²) in [6.45, 7) is 3.54. The third-order valence-corrected chi connectivity index (χ3v) is 4.44. The first-order valence-electron chi connectivity index (χ1n) is 8.49. The molecular formula is C20H19N3O4. The van der Waals surface area contributed by atoms with Gasteiger partial charge in [0.15, 0.2) is 0 Å². The molecule has 0 unspecified atom stereocenters. The van der Waals surface area contributed by atoms with Crippen molar-refractivity contribution in [3.05, 3.63) is 65.2 Å². The van der Waals surface area contributed by atoms with Gasteiger partial charge in [0.1, 0.15) is 6.04 Å². The summed E-state index contributed by atoms with van der Waals surface area (Å²) in [4.78, 5) is 50.4. The average molecular weight is 365 g/mol. The second kappa shape index (κ2) is 7.03. The minimum Gasteiger partial charge on any atom is -0.366 e. The molecule has 1 heterocycles. The van der Waals surface area contributed by atoms with E-state index in [0.717, 1.165) is 4.90 Å². The first-order chi connectivity index (χ1) is 12.8. The predicted molar refractivity (Wildman–Crippen MR) is 99.2 cm³/mol. The van der Waals surface area contributed by atoms with E-state index in [1.807, 2.05) is 0 Å². The molecular weight excluding hydrogens is 346 g/mol. The topological polar surface area (TPSA) is 110 Å². The zero-order valence-corrected chi connectivity index (χ0v) is 14.9. The van der Waals surface area contributed by atoms with E-state index in [2.05, 4.69) is 5.32 Å². The second-order valence-corrected chi connectivity index (χ2v) is 6.65. The Morgan fingerprint density at radius 3 is 1.89 bits per heavy atom. The lowest BCUT2D eigenvalue weighted by Gasteiger charge is -2.28. The summed E-state index contributed by atoms with van der Waals surface area (Å²) in [6, 6.07) is 11.6. The van der Waals surface area contributed by atoms with Crippen LogP contribution in [0.3, 0.4) is 0 Å². The van der Waals surface area contributed by atoms with Gasteiger partial charge in [0.2, 0.25) is 11.8 Å². The SMILES string of the molecule is CC(C)[C@@H](C(=O)Nc1ccc(C(N)=O)cc1)N1C(=O)c2ccccc2C1=O. The van der Waals surface area contributed by atoms with E-state index in [9.17, 15) is 19.2 Å². The van der Waals surface area contributed by atoms with Crippen LogP contribution < -0.4 is 11.1 Å². The molecule has 7 nitrogen and oxygen atoms in total. The largest absolute Gasteiger partial charge is 0.366 e. The van der Waals surface area contributed by atoms with Crippen LogP contribution in [0.5, 0.6) is 0 Å². The number of carbonyl (C=O) groups is 4. The second-order valence-electron chi connectivity index (χ2n) is 6.65. The van der Waals surface area contributed by atoms with E-state index in [0.29, 0.717) is 22.4 Å². The molecule has 3 N–H and O–H groups in total. The van der Waals surface area contributed by atoms with Crippen molar-refractivity contribution in [2.24, 2.45) is 11.7 Å². The van der Waals surface area contributed by atoms with Gasteiger partial charge in [-0.15, -0.1) is 0 Å². The summed E-state index contributed by atoms with van der Waals surface area (Å²) >= 11 is 0. The summed E-state index contributed by atoms with van der Waals surface area (Å²) in [7, 11) is 0. The van der Waals surface area contributed by atoms with Crippen molar-refractivity contribution in [3.63, 3.8) is 0 Å². The Labute approximate surface area is 156 Å². The highest BCUT2D eigenvalue weighted by Gasteiger charge is 2.43. The molecule has 1 aliphatic heterocycles. The molecule has 0 aromatic heterocycles. The third-order valence-electron chi connectivity index (χ3n) is 4.44. The lowest BCUT2D eigenvalue weighted by atomic mass is 10.0. The third kappa shape index (κ3) is 3.31. The maximum absolute atomic E-state index is 12.9. The monoisotopic (exact) mass is 365 g/mol. The number of anilines is 1. The van der Waals surface area contributed by atoms with Crippen LogP contribution in [0.2, 0.25) is 0 Å². The van der Waals surface area contributed by atoms with Gasteiger partial charge >= 0.3 is 0 Å². The maximum Gasteiger partial charge on any atom is 0.262 e. The van der Waals surface area contributed by atoms with Crippen molar-refractivity contribution in [2.75, 3.05) is 5.32 Å². The molecule has 0 spiro atoms. The summed E-state index contributed by atoms with van der Waals surface area (Å²) in [5.74, 6) is -2.30. The van der Waals surface area contributed by atoms with Crippen LogP contribution in [0.25, 0.3) is 0 Å². The number of nitrogens with zero attached hydrogens (tertiary/aromatic N) is 1. The van der Waals surface area contributed by atoms with E-state index in [-0.39, 0.29) is 5.92 Å². The number of rotatable bonds is 5. The van der Waals surface area contributed by atoms with Gasteiger partial charge in [-0.05, 0) is 42.3 Å². The number of hydrogen-bond donors (Lipinski definition) is 2. The highest BCUT2D eigenvalue weighted by Crippen LogP contribution is 2.27. The Kier molecular flexibility index (Phi) is 4.77. The molecule has 27 heavy (non-hydrogen) atoms. The van der Waals surface area contributed by atoms with E-state index < -0.39 is 29.7 Å². The van der Waals surface area contributed by atoms with Crippen molar-refractivity contribution < 1.29 is 19.2 Å². The van der Waals surface area contributed by atoms with Crippen molar-refractivity contribution in [1.82, 2.24) is 4.90 Å². The lowest BCUT2D eigenvalue weighted by Crippen LogP contribution is -2.50. The number of fused-ring (bicyclic) bond motifs is 1. The van der Waals surface area contributed by atoms with Crippen LogP contribution in [0.15, 0.2) is 48.5 Å². The number of primary amides is 1. The molecule has 0 aliphatic carbocycles. The number of carbonyl (C=O) groups excluding carboxylic acids is 4. The molecule has 138 valence electrons. The average Bonchev–Trinajstić information content (AvgIpc) is 2.88. The summed E-state index contributed by atoms with van der Waals surface area (Å²) in [5, 5.41) is 2.70. The molecule has 2 aromatic rings. The van der Waals surface area contributed by atoms with Gasteiger partial charge in [-0.1, -0.05) is 26.0 Å². The van der Waals surface area contributed by atoms with E-state index >= 15 is 0 Å². The van der Waals surface area contributed by atoms with Crippen LogP contribution in [0, 0.1) is 5.92 Å². The molecule has 7 heteroatoms. The number of amides is 4. The smallest absolute Gasteiger partial charge is 0.262 e. The molecule has 1 aliphatic rings. The molecule has 0 fully saturated rings. The van der Waals surface area contributed by atoms with Crippen LogP contribution >= 0.6 is 0 Å². The van der Waals surface area contributed by atoms with Gasteiger partial charge in [0.05, 0.1) is 11.1 Å². The highest BCUT2D eigenvalue weighted by atomic mass is 16.2. The number of imide groups is 1. The maximum atomic E-state index is 12.9. The summed E-state index contributed by atoms with van der Waals surface area (Å²) in [6.07, 6.45) is 0. The number of hydrogen-bond acceptors (Lipinski definition) is 4. The van der Waals surface area contributed by atoms with Crippen LogP contribution in [-0.4, -0.2) is 34.6 Å². The van der Waals surface area contributed by atoms with Gasteiger partial charge < -0.3 is 11.1 Å². The molecule has 1 atom stereocenters. The van der Waals surface area contributed by atoms with Gasteiger partial charge in [-0.2, -0.15) is 0 Å². The highest BCUT2D eigenvalue weighted by molar-refractivity contribution is 6.23. The lowest BCUT2D eigenvalue weighted by molar-refractivity contribution is -0.121. The van der Waals surface area contributed by atoms with E-state index in [4.69, 9.17) is 5.73 Å². The van der Waals surface area contributed by atoms with Crippen LogP contribution in [-0.2, 0) is 4.79 Å². The molecule has 0 saturated heterocycles. The van der Waals surface area contributed by atoms with Crippen LogP contribution in [0.1, 0.15) is 44.9 Å². The number of benzene rings is 2. The molecule has 4 amide bonds. The van der Waals surface area contributed by atoms with E-state index in [1.165, 1.54) is 24.3 Å². The van der Waals surface area contributed by atoms with E-state index in [1.54, 1.807) is 38.1 Å². The fourth-order valence-corrected chi connectivity index (χ4v) is 3.11.